The lowest BCUT2D eigenvalue weighted by Crippen LogP contribution is -2.15. The highest BCUT2D eigenvalue weighted by Gasteiger charge is 2.22. The molecule has 2 N–H and O–H groups in total. The van der Waals surface area contributed by atoms with Crippen LogP contribution in [0.3, 0.4) is 0 Å². The van der Waals surface area contributed by atoms with E-state index in [2.05, 4.69) is 5.32 Å². The molecular formula is C22H18FNO6S. The van der Waals surface area contributed by atoms with Crippen LogP contribution in [0, 0.1) is 5.82 Å². The van der Waals surface area contributed by atoms with E-state index in [1.54, 1.807) is 30.3 Å². The number of carboxylic acids is 1. The summed E-state index contributed by atoms with van der Waals surface area (Å²) in [5, 5.41) is 11.9. The lowest BCUT2D eigenvalue weighted by atomic mass is 10.0. The molecule has 31 heavy (non-hydrogen) atoms. The number of nitrogens with one attached hydrogen (secondary N) is 1. The van der Waals surface area contributed by atoms with E-state index in [9.17, 15) is 17.6 Å². The van der Waals surface area contributed by atoms with Crippen molar-refractivity contribution in [1.82, 2.24) is 0 Å². The number of aliphatic carboxylic acids is 1. The number of halogens is 1. The predicted octanol–water partition coefficient (Wildman–Crippen LogP) is 3.69. The first-order valence-electron chi connectivity index (χ1n) is 9.29. The van der Waals surface area contributed by atoms with E-state index in [0.29, 0.717) is 29.1 Å². The summed E-state index contributed by atoms with van der Waals surface area (Å²) >= 11 is 0. The zero-order chi connectivity index (χ0) is 22.0. The average Bonchev–Trinajstić information content (AvgIpc) is 3.22. The third kappa shape index (κ3) is 4.46. The van der Waals surface area contributed by atoms with E-state index in [1.807, 2.05) is 18.2 Å². The molecule has 1 heterocycles. The van der Waals surface area contributed by atoms with Crippen LogP contribution >= 0.6 is 0 Å². The van der Waals surface area contributed by atoms with Crippen molar-refractivity contribution in [3.05, 3.63) is 72.0 Å². The molecule has 0 fully saturated rings. The van der Waals surface area contributed by atoms with Crippen LogP contribution in [0.15, 0.2) is 65.6 Å². The number of anilines is 1. The van der Waals surface area contributed by atoms with E-state index in [4.69, 9.17) is 14.6 Å². The largest absolute Gasteiger partial charge is 0.480 e. The van der Waals surface area contributed by atoms with Crippen LogP contribution < -0.4 is 14.8 Å². The molecule has 160 valence electrons. The van der Waals surface area contributed by atoms with Crippen molar-refractivity contribution >= 4 is 21.5 Å². The SMILES string of the molecule is O=C(O)CS(=O)(=O)c1ccc(NCc2cccc(-c3ccc4c(c3F)OCO4)c2)cc1. The van der Waals surface area contributed by atoms with Gasteiger partial charge in [-0.15, -0.1) is 0 Å². The highest BCUT2D eigenvalue weighted by atomic mass is 32.2. The van der Waals surface area contributed by atoms with Crippen molar-refractivity contribution in [1.29, 1.82) is 0 Å². The van der Waals surface area contributed by atoms with Crippen LogP contribution in [0.1, 0.15) is 5.56 Å². The minimum Gasteiger partial charge on any atom is -0.480 e. The van der Waals surface area contributed by atoms with Crippen LogP contribution in [-0.2, 0) is 21.2 Å². The van der Waals surface area contributed by atoms with Crippen LogP contribution in [0.2, 0.25) is 0 Å². The number of sulfone groups is 1. The lowest BCUT2D eigenvalue weighted by molar-refractivity contribution is -0.134. The zero-order valence-electron chi connectivity index (χ0n) is 16.2. The fraction of sp³-hybridized carbons (Fsp3) is 0.136. The number of carboxylic acid groups (broad SMARTS) is 1. The summed E-state index contributed by atoms with van der Waals surface area (Å²) < 4.78 is 49.0. The molecule has 0 atom stereocenters. The van der Waals surface area contributed by atoms with Crippen molar-refractivity contribution < 1.29 is 32.2 Å². The van der Waals surface area contributed by atoms with Crippen LogP contribution in [-0.4, -0.2) is 32.0 Å². The lowest BCUT2D eigenvalue weighted by Gasteiger charge is -2.10. The first-order chi connectivity index (χ1) is 14.8. The number of rotatable bonds is 7. The second-order valence-corrected chi connectivity index (χ2v) is 8.88. The maximum Gasteiger partial charge on any atom is 0.319 e. The van der Waals surface area contributed by atoms with Gasteiger partial charge >= 0.3 is 5.97 Å². The molecule has 0 spiro atoms. The fourth-order valence-corrected chi connectivity index (χ4v) is 4.28. The summed E-state index contributed by atoms with van der Waals surface area (Å²) in [6.07, 6.45) is 0. The van der Waals surface area contributed by atoms with Crippen molar-refractivity contribution in [3.8, 4) is 22.6 Å². The van der Waals surface area contributed by atoms with Gasteiger partial charge in [-0.25, -0.2) is 12.8 Å². The first kappa shape index (κ1) is 20.7. The molecule has 4 rings (SSSR count). The molecule has 0 amide bonds. The normalized spacial score (nSPS) is 12.5. The Balaban J connectivity index is 1.48. The second kappa shape index (κ2) is 8.27. The van der Waals surface area contributed by atoms with E-state index in [-0.39, 0.29) is 17.4 Å². The minimum atomic E-state index is -3.87. The molecule has 1 aliphatic heterocycles. The monoisotopic (exact) mass is 443 g/mol. The minimum absolute atomic E-state index is 0.00390. The summed E-state index contributed by atoms with van der Waals surface area (Å²) in [6.45, 7) is 0.414. The van der Waals surface area contributed by atoms with Gasteiger partial charge in [0.05, 0.1) is 4.90 Å². The Kier molecular flexibility index (Phi) is 5.51. The highest BCUT2D eigenvalue weighted by Crippen LogP contribution is 2.39. The Morgan fingerprint density at radius 3 is 2.58 bits per heavy atom. The first-order valence-corrected chi connectivity index (χ1v) is 10.9. The van der Waals surface area contributed by atoms with E-state index in [1.165, 1.54) is 12.1 Å². The van der Waals surface area contributed by atoms with Gasteiger partial charge in [-0.1, -0.05) is 18.2 Å². The summed E-state index contributed by atoms with van der Waals surface area (Å²) in [5.41, 5.74) is 2.63. The number of carbonyl (C=O) groups is 1. The van der Waals surface area contributed by atoms with Gasteiger partial charge in [-0.2, -0.15) is 0 Å². The molecular weight excluding hydrogens is 425 g/mol. The predicted molar refractivity (Wildman–Crippen MR) is 111 cm³/mol. The molecule has 0 unspecified atom stereocenters. The van der Waals surface area contributed by atoms with Crippen LogP contribution in [0.25, 0.3) is 11.1 Å². The number of ether oxygens (including phenoxy) is 2. The van der Waals surface area contributed by atoms with Gasteiger partial charge in [0.25, 0.3) is 0 Å². The van der Waals surface area contributed by atoms with Crippen molar-refractivity contribution in [2.24, 2.45) is 0 Å². The Morgan fingerprint density at radius 1 is 1.06 bits per heavy atom. The molecule has 0 radical (unpaired) electrons. The van der Waals surface area contributed by atoms with Gasteiger partial charge in [0.2, 0.25) is 12.5 Å². The molecule has 0 aliphatic carbocycles. The van der Waals surface area contributed by atoms with Crippen molar-refractivity contribution in [3.63, 3.8) is 0 Å². The molecule has 0 aromatic heterocycles. The van der Waals surface area contributed by atoms with E-state index >= 15 is 0 Å². The molecule has 0 saturated heterocycles. The molecule has 1 aliphatic rings. The maximum atomic E-state index is 14.7. The fourth-order valence-electron chi connectivity index (χ4n) is 3.24. The molecule has 9 heteroatoms. The molecule has 7 nitrogen and oxygen atoms in total. The maximum absolute atomic E-state index is 14.7. The summed E-state index contributed by atoms with van der Waals surface area (Å²) in [5.74, 6) is -2.34. The zero-order valence-corrected chi connectivity index (χ0v) is 17.0. The van der Waals surface area contributed by atoms with Gasteiger partial charge in [-0.3, -0.25) is 4.79 Å². The number of hydrogen-bond donors (Lipinski definition) is 2. The highest BCUT2D eigenvalue weighted by molar-refractivity contribution is 7.92. The van der Waals surface area contributed by atoms with Crippen LogP contribution in [0.4, 0.5) is 10.1 Å². The van der Waals surface area contributed by atoms with Crippen molar-refractivity contribution in [2.45, 2.75) is 11.4 Å². The number of hydrogen-bond acceptors (Lipinski definition) is 6. The molecule has 3 aromatic rings. The van der Waals surface area contributed by atoms with Gasteiger partial charge < -0.3 is 19.9 Å². The van der Waals surface area contributed by atoms with Crippen LogP contribution in [0.5, 0.6) is 11.5 Å². The summed E-state index contributed by atoms with van der Waals surface area (Å²) in [7, 11) is -3.87. The number of fused-ring (bicyclic) bond motifs is 1. The van der Waals surface area contributed by atoms with Gasteiger partial charge in [-0.05, 0) is 53.6 Å². The standard InChI is InChI=1S/C22H18FNO6S/c23-21-18(8-9-19-22(21)30-13-29-19)15-3-1-2-14(10-15)11-24-16-4-6-17(7-5-16)31(27,28)12-20(25)26/h1-10,24H,11-13H2,(H,25,26). The number of benzene rings is 3. The topological polar surface area (TPSA) is 102 Å². The second-order valence-electron chi connectivity index (χ2n) is 6.89. The van der Waals surface area contributed by atoms with E-state index < -0.39 is 27.4 Å². The average molecular weight is 443 g/mol. The third-order valence-corrected chi connectivity index (χ3v) is 6.36. The molecule has 0 saturated carbocycles. The van der Waals surface area contributed by atoms with E-state index in [0.717, 1.165) is 5.56 Å². The van der Waals surface area contributed by atoms with Gasteiger partial charge in [0.1, 0.15) is 0 Å². The van der Waals surface area contributed by atoms with Gasteiger partial charge in [0.15, 0.2) is 27.2 Å². The quantitative estimate of drug-likeness (QED) is 0.574. The summed E-state index contributed by atoms with van der Waals surface area (Å²) in [4.78, 5) is 10.6. The Hall–Kier alpha value is -3.59. The van der Waals surface area contributed by atoms with Crippen molar-refractivity contribution in [2.75, 3.05) is 17.9 Å². The Labute approximate surface area is 178 Å². The van der Waals surface area contributed by atoms with Gasteiger partial charge in [0, 0.05) is 17.8 Å². The molecule has 0 bridgehead atoms. The Morgan fingerprint density at radius 2 is 1.84 bits per heavy atom. The third-order valence-electron chi connectivity index (χ3n) is 4.74. The Bertz CT molecular complexity index is 1240. The summed E-state index contributed by atoms with van der Waals surface area (Å²) in [6, 6.07) is 16.5. The molecule has 3 aromatic carbocycles. The smallest absolute Gasteiger partial charge is 0.319 e.